The number of hydrogen-bond donors (Lipinski definition) is 0. The largest absolute Gasteiger partial charge is 0.426 e. The normalized spacial score (nSPS) is 11.0. The Morgan fingerprint density at radius 3 is 1.65 bits per heavy atom. The Balaban J connectivity index is 2.46. The van der Waals surface area contributed by atoms with Crippen molar-refractivity contribution >= 4 is 11.9 Å². The molecule has 0 amide bonds. The molecular weight excluding hydrogens is 292 g/mol. The van der Waals surface area contributed by atoms with Crippen molar-refractivity contribution in [3.8, 4) is 22.6 Å². The summed E-state index contributed by atoms with van der Waals surface area (Å²) in [5.74, 6) is 0.141. The highest BCUT2D eigenvalue weighted by Crippen LogP contribution is 2.37. The van der Waals surface area contributed by atoms with Crippen LogP contribution in [0.4, 0.5) is 0 Å². The van der Waals surface area contributed by atoms with Crippen LogP contribution >= 0.6 is 0 Å². The lowest BCUT2D eigenvalue weighted by Gasteiger charge is -2.18. The maximum atomic E-state index is 12.2. The maximum absolute atomic E-state index is 12.2. The van der Waals surface area contributed by atoms with Crippen molar-refractivity contribution in [2.45, 2.75) is 27.7 Å². The molecule has 4 nitrogen and oxygen atoms in total. The number of carbonyl (C=O) groups is 2. The van der Waals surface area contributed by atoms with E-state index in [1.54, 1.807) is 45.0 Å². The summed E-state index contributed by atoms with van der Waals surface area (Å²) in [7, 11) is 0. The molecule has 0 aliphatic carbocycles. The van der Waals surface area contributed by atoms with Gasteiger partial charge in [-0.15, -0.1) is 0 Å². The molecule has 0 aliphatic rings. The van der Waals surface area contributed by atoms with E-state index in [9.17, 15) is 9.59 Å². The van der Waals surface area contributed by atoms with Gasteiger partial charge in [0.25, 0.3) is 0 Å². The number of carbonyl (C=O) groups excluding carboxylic acids is 2. The SMILES string of the molecule is CC(=O)Oc1ccccc1-c1ccccc1OC(=O)C(C)(C)C. The number of benzene rings is 2. The van der Waals surface area contributed by atoms with Crippen molar-refractivity contribution in [3.63, 3.8) is 0 Å². The molecule has 0 fully saturated rings. The fourth-order valence-corrected chi connectivity index (χ4v) is 1.96. The molecule has 4 heteroatoms. The van der Waals surface area contributed by atoms with Gasteiger partial charge >= 0.3 is 11.9 Å². The lowest BCUT2D eigenvalue weighted by atomic mass is 9.97. The summed E-state index contributed by atoms with van der Waals surface area (Å²) in [4.78, 5) is 23.5. The van der Waals surface area contributed by atoms with Gasteiger partial charge in [-0.1, -0.05) is 36.4 Å². The van der Waals surface area contributed by atoms with Gasteiger partial charge in [-0.05, 0) is 32.9 Å². The van der Waals surface area contributed by atoms with Crippen LogP contribution in [0.2, 0.25) is 0 Å². The minimum Gasteiger partial charge on any atom is -0.426 e. The van der Waals surface area contributed by atoms with Crippen LogP contribution in [-0.4, -0.2) is 11.9 Å². The minimum atomic E-state index is -0.609. The highest BCUT2D eigenvalue weighted by Gasteiger charge is 2.25. The molecule has 23 heavy (non-hydrogen) atoms. The van der Waals surface area contributed by atoms with Crippen molar-refractivity contribution in [2.24, 2.45) is 5.41 Å². The zero-order valence-corrected chi connectivity index (χ0v) is 13.8. The predicted octanol–water partition coefficient (Wildman–Crippen LogP) is 4.23. The zero-order chi connectivity index (χ0) is 17.0. The highest BCUT2D eigenvalue weighted by atomic mass is 16.5. The molecule has 0 heterocycles. The Hall–Kier alpha value is -2.62. The van der Waals surface area contributed by atoms with Crippen molar-refractivity contribution in [3.05, 3.63) is 48.5 Å². The molecule has 2 aromatic carbocycles. The Bertz CT molecular complexity index is 726. The fourth-order valence-electron chi connectivity index (χ4n) is 1.96. The molecule has 2 rings (SSSR count). The van der Waals surface area contributed by atoms with E-state index in [1.165, 1.54) is 6.92 Å². The van der Waals surface area contributed by atoms with E-state index >= 15 is 0 Å². The summed E-state index contributed by atoms with van der Waals surface area (Å²) in [6.45, 7) is 6.74. The van der Waals surface area contributed by atoms with E-state index in [1.807, 2.05) is 24.3 Å². The van der Waals surface area contributed by atoms with E-state index in [4.69, 9.17) is 9.47 Å². The zero-order valence-electron chi connectivity index (χ0n) is 13.8. The molecule has 0 saturated heterocycles. The number of ether oxygens (including phenoxy) is 2. The molecule has 0 aromatic heterocycles. The standard InChI is InChI=1S/C19H20O4/c1-13(20)22-16-11-7-5-9-14(16)15-10-6-8-12-17(15)23-18(21)19(2,3)4/h5-12H,1-4H3. The lowest BCUT2D eigenvalue weighted by molar-refractivity contribution is -0.143. The molecule has 0 spiro atoms. The molecule has 0 atom stereocenters. The topological polar surface area (TPSA) is 52.6 Å². The Kier molecular flexibility index (Phi) is 4.84. The number of para-hydroxylation sites is 2. The second-order valence-electron chi connectivity index (χ2n) is 6.23. The summed E-state index contributed by atoms with van der Waals surface area (Å²) in [5.41, 5.74) is 0.782. The van der Waals surface area contributed by atoms with Crippen LogP contribution in [0, 0.1) is 5.41 Å². The van der Waals surface area contributed by atoms with Crippen LogP contribution in [-0.2, 0) is 9.59 Å². The predicted molar refractivity (Wildman–Crippen MR) is 88.3 cm³/mol. The molecule has 0 radical (unpaired) electrons. The minimum absolute atomic E-state index is 0.324. The summed E-state index contributed by atoms with van der Waals surface area (Å²) in [6, 6.07) is 14.3. The van der Waals surface area contributed by atoms with Gasteiger partial charge in [0.2, 0.25) is 0 Å². The van der Waals surface area contributed by atoms with Crippen LogP contribution in [0.5, 0.6) is 11.5 Å². The third-order valence-electron chi connectivity index (χ3n) is 3.13. The molecule has 0 saturated carbocycles. The summed E-state index contributed by atoms with van der Waals surface area (Å²) < 4.78 is 10.8. The van der Waals surface area contributed by atoms with Crippen molar-refractivity contribution in [2.75, 3.05) is 0 Å². The van der Waals surface area contributed by atoms with E-state index in [-0.39, 0.29) is 5.97 Å². The first-order valence-electron chi connectivity index (χ1n) is 7.38. The summed E-state index contributed by atoms with van der Waals surface area (Å²) in [6.07, 6.45) is 0. The average molecular weight is 312 g/mol. The molecule has 2 aromatic rings. The van der Waals surface area contributed by atoms with E-state index < -0.39 is 11.4 Å². The van der Waals surface area contributed by atoms with Crippen molar-refractivity contribution in [1.29, 1.82) is 0 Å². The van der Waals surface area contributed by atoms with Crippen LogP contribution in [0.3, 0.4) is 0 Å². The quantitative estimate of drug-likeness (QED) is 0.628. The van der Waals surface area contributed by atoms with Gasteiger partial charge in [-0.25, -0.2) is 0 Å². The Labute approximate surface area is 136 Å². The van der Waals surface area contributed by atoms with Crippen molar-refractivity contribution in [1.82, 2.24) is 0 Å². The molecule has 0 aliphatic heterocycles. The van der Waals surface area contributed by atoms with Crippen LogP contribution in [0.1, 0.15) is 27.7 Å². The molecule has 0 bridgehead atoms. The maximum Gasteiger partial charge on any atom is 0.316 e. The van der Waals surface area contributed by atoms with Crippen LogP contribution < -0.4 is 9.47 Å². The Morgan fingerprint density at radius 2 is 1.22 bits per heavy atom. The fraction of sp³-hybridized carbons (Fsp3) is 0.263. The Morgan fingerprint density at radius 1 is 0.783 bits per heavy atom. The van der Waals surface area contributed by atoms with Gasteiger partial charge in [0.05, 0.1) is 5.41 Å². The van der Waals surface area contributed by atoms with E-state index in [0.717, 1.165) is 0 Å². The number of hydrogen-bond acceptors (Lipinski definition) is 4. The molecule has 0 unspecified atom stereocenters. The number of esters is 2. The second-order valence-corrected chi connectivity index (χ2v) is 6.23. The third kappa shape index (κ3) is 4.19. The monoisotopic (exact) mass is 312 g/mol. The van der Waals surface area contributed by atoms with E-state index in [0.29, 0.717) is 22.6 Å². The highest BCUT2D eigenvalue weighted by molar-refractivity contribution is 5.84. The first kappa shape index (κ1) is 16.7. The van der Waals surface area contributed by atoms with Gasteiger partial charge in [-0.2, -0.15) is 0 Å². The van der Waals surface area contributed by atoms with Crippen LogP contribution in [0.15, 0.2) is 48.5 Å². The van der Waals surface area contributed by atoms with Gasteiger partial charge in [0.1, 0.15) is 11.5 Å². The second kappa shape index (κ2) is 6.65. The summed E-state index contributed by atoms with van der Waals surface area (Å²) >= 11 is 0. The third-order valence-corrected chi connectivity index (χ3v) is 3.13. The molecule has 120 valence electrons. The van der Waals surface area contributed by atoms with Crippen molar-refractivity contribution < 1.29 is 19.1 Å². The first-order chi connectivity index (χ1) is 10.8. The average Bonchev–Trinajstić information content (AvgIpc) is 2.47. The van der Waals surface area contributed by atoms with E-state index in [2.05, 4.69) is 0 Å². The first-order valence-corrected chi connectivity index (χ1v) is 7.38. The summed E-state index contributed by atoms with van der Waals surface area (Å²) in [5, 5.41) is 0. The molecular formula is C19H20O4. The van der Waals surface area contributed by atoms with Gasteiger partial charge in [-0.3, -0.25) is 9.59 Å². The smallest absolute Gasteiger partial charge is 0.316 e. The van der Waals surface area contributed by atoms with Gasteiger partial charge < -0.3 is 9.47 Å². The van der Waals surface area contributed by atoms with Crippen LogP contribution in [0.25, 0.3) is 11.1 Å². The lowest BCUT2D eigenvalue weighted by Crippen LogP contribution is -2.25. The van der Waals surface area contributed by atoms with Gasteiger partial charge in [0.15, 0.2) is 0 Å². The molecule has 0 N–H and O–H groups in total. The van der Waals surface area contributed by atoms with Gasteiger partial charge in [0, 0.05) is 18.1 Å². The number of rotatable bonds is 3.